The zero-order chi connectivity index (χ0) is 6.41. The zero-order valence-corrected chi connectivity index (χ0v) is 3.57. The molecule has 0 aliphatic carbocycles. The molecule has 0 nitrogen and oxygen atoms in total. The fraction of sp³-hybridized carbons (Fsp3) is 0. The Morgan fingerprint density at radius 3 is 0.571 bits per heavy atom. The first kappa shape index (κ1) is 7.07. The van der Waals surface area contributed by atoms with Gasteiger partial charge in [-0.2, -0.15) is 0 Å². The quantitative estimate of drug-likeness (QED) is 0.389. The van der Waals surface area contributed by atoms with Gasteiger partial charge >= 0.3 is 34.6 Å². The van der Waals surface area contributed by atoms with Crippen LogP contribution in [0.4, 0.5) is 21.6 Å². The summed E-state index contributed by atoms with van der Waals surface area (Å²) in [5.41, 5.74) is 0. The minimum absolute atomic E-state index is 9.85. The van der Waals surface area contributed by atoms with Crippen LogP contribution in [0.2, 0.25) is 0 Å². The molecule has 0 bridgehead atoms. The summed E-state index contributed by atoms with van der Waals surface area (Å²) in [6.45, 7) is 0. The first-order valence-corrected chi connectivity index (χ1v) is 2.96. The zero-order valence-electron chi connectivity index (χ0n) is 2.58. The van der Waals surface area contributed by atoms with Crippen LogP contribution in [0.3, 0.4) is 0 Å². The Balaban J connectivity index is 4.43. The predicted molar refractivity (Wildman–Crippen MR) is 6.65 cm³/mol. The maximum atomic E-state index is 9.85. The first-order valence-electron chi connectivity index (χ1n) is 0.717. The Morgan fingerprint density at radius 2 is 0.571 bits per heavy atom. The molecule has 0 amide bonds. The summed E-state index contributed by atoms with van der Waals surface area (Å²) in [6, 6.07) is 0. The van der Waals surface area contributed by atoms with Gasteiger partial charge in [0.1, 0.15) is 0 Å². The van der Waals surface area contributed by atoms with Gasteiger partial charge in [0.25, 0.3) is 0 Å². The van der Waals surface area contributed by atoms with Crippen molar-refractivity contribution >= 4 is 0 Å². The molecule has 0 radical (unpaired) electrons. The maximum absolute atomic E-state index is 10.5. The van der Waals surface area contributed by atoms with Crippen LogP contribution < -0.4 is 0 Å². The van der Waals surface area contributed by atoms with Gasteiger partial charge in [-0.25, -0.2) is 0 Å². The number of halogens is 6. The summed E-state index contributed by atoms with van der Waals surface area (Å²) in [6.07, 6.45) is 0. The summed E-state index contributed by atoms with van der Waals surface area (Å²) < 4.78 is 59.1. The molecule has 7 heteroatoms. The van der Waals surface area contributed by atoms with Crippen LogP contribution in [0.1, 0.15) is 0 Å². The molecule has 0 unspecified atom stereocenters. The molecule has 0 fully saturated rings. The molecule has 0 aromatic heterocycles. The predicted octanol–water partition coefficient (Wildman–Crippen LogP) is 2.52. The van der Waals surface area contributed by atoms with E-state index in [1.165, 1.54) is 0 Å². The molecular weight excluding hydrogens is 173 g/mol. The van der Waals surface area contributed by atoms with Gasteiger partial charge in [-0.05, 0) is 0 Å². The van der Waals surface area contributed by atoms with Crippen molar-refractivity contribution in [3.63, 3.8) is 0 Å². The van der Waals surface area contributed by atoms with Crippen LogP contribution in [0.25, 0.3) is 0 Å². The fourth-order valence-corrected chi connectivity index (χ4v) is 0. The molecule has 0 spiro atoms. The van der Waals surface area contributed by atoms with Crippen LogP contribution in [-0.4, -0.2) is 0 Å². The third-order valence-corrected chi connectivity index (χ3v) is 0. The van der Waals surface area contributed by atoms with Gasteiger partial charge in [0.15, 0.2) is 0 Å². The molecule has 54 valence electrons. The van der Waals surface area contributed by atoms with Gasteiger partial charge in [0.05, 0.1) is 0 Å². The Bertz CT molecular complexity index is 62.7. The third kappa shape index (κ3) is 18700. The van der Waals surface area contributed by atoms with Crippen molar-refractivity contribution in [3.8, 4) is 0 Å². The van der Waals surface area contributed by atoms with Crippen molar-refractivity contribution in [2.45, 2.75) is 0 Å². The van der Waals surface area contributed by atoms with Crippen molar-refractivity contribution in [1.82, 2.24) is 0 Å². The average molecular weight is 173 g/mol. The molecule has 7 heavy (non-hydrogen) atoms. The molecule has 0 N–H and O–H groups in total. The summed E-state index contributed by atoms with van der Waals surface area (Å²) in [5, 5.41) is 0. The molecule has 0 aliphatic rings. The van der Waals surface area contributed by atoms with E-state index in [4.69, 9.17) is 0 Å². The van der Waals surface area contributed by atoms with Crippen LogP contribution in [-0.2, 0) is 13.0 Å². The topological polar surface area (TPSA) is 0 Å². The SMILES string of the molecule is [F][Ni-2]([F])([F])([F])([F])[F]. The van der Waals surface area contributed by atoms with E-state index in [2.05, 4.69) is 0 Å². The van der Waals surface area contributed by atoms with E-state index in [0.29, 0.717) is 0 Å². The number of rotatable bonds is 0. The molecule has 0 aromatic carbocycles. The summed E-state index contributed by atoms with van der Waals surface area (Å²) in [5.74, 6) is 0. The van der Waals surface area contributed by atoms with Gasteiger partial charge in [0, 0.05) is 0 Å². The van der Waals surface area contributed by atoms with Crippen molar-refractivity contribution in [1.29, 1.82) is 0 Å². The molecular formula is F6Ni-2. The van der Waals surface area contributed by atoms with Crippen molar-refractivity contribution < 1.29 is 34.6 Å². The van der Waals surface area contributed by atoms with Crippen LogP contribution in [0, 0.1) is 0 Å². The van der Waals surface area contributed by atoms with Crippen molar-refractivity contribution in [2.24, 2.45) is 0 Å². The van der Waals surface area contributed by atoms with E-state index >= 15 is 0 Å². The van der Waals surface area contributed by atoms with Crippen LogP contribution in [0.5, 0.6) is 0 Å². The standard InChI is InChI=1S/6FH.Ni/h6*1H;/q;;;;;;+4/p-6. The van der Waals surface area contributed by atoms with Gasteiger partial charge in [-0.15, -0.1) is 0 Å². The molecule has 0 saturated heterocycles. The first-order chi connectivity index (χ1) is 2.45. The van der Waals surface area contributed by atoms with Crippen molar-refractivity contribution in [3.05, 3.63) is 0 Å². The van der Waals surface area contributed by atoms with E-state index < -0.39 is 13.0 Å². The second-order valence-corrected chi connectivity index (χ2v) is 2.79. The van der Waals surface area contributed by atoms with E-state index in [0.717, 1.165) is 0 Å². The van der Waals surface area contributed by atoms with Gasteiger partial charge in [-0.3, -0.25) is 0 Å². The molecule has 0 saturated carbocycles. The molecule has 0 rings (SSSR count). The van der Waals surface area contributed by atoms with Crippen LogP contribution in [0.15, 0.2) is 0 Å². The van der Waals surface area contributed by atoms with E-state index in [-0.39, 0.29) is 0 Å². The summed E-state index contributed by atoms with van der Waals surface area (Å²) in [7, 11) is 0. The Morgan fingerprint density at radius 1 is 0.571 bits per heavy atom. The van der Waals surface area contributed by atoms with Crippen LogP contribution >= 0.6 is 0 Å². The number of hydrogen-bond donors (Lipinski definition) is 0. The summed E-state index contributed by atoms with van der Waals surface area (Å²) >= 11 is -10.5. The Kier molecular flexibility index (Phi) is 0.695. The van der Waals surface area contributed by atoms with Gasteiger partial charge < -0.3 is 0 Å². The normalized spacial score (nSPS) is 23.1. The molecule has 0 aromatic rings. The van der Waals surface area contributed by atoms with Gasteiger partial charge in [0.2, 0.25) is 0 Å². The van der Waals surface area contributed by atoms with E-state index in [1.54, 1.807) is 0 Å². The van der Waals surface area contributed by atoms with E-state index in [1.807, 2.05) is 0 Å². The third-order valence-electron chi connectivity index (χ3n) is 0. The van der Waals surface area contributed by atoms with Gasteiger partial charge in [-0.1, -0.05) is 0 Å². The number of hydrogen-bond acceptors (Lipinski definition) is 0. The fourth-order valence-electron chi connectivity index (χ4n) is 0. The second-order valence-electron chi connectivity index (χ2n) is 0.678. The second kappa shape index (κ2) is 0.688. The monoisotopic (exact) mass is 172 g/mol. The van der Waals surface area contributed by atoms with Crippen molar-refractivity contribution in [2.75, 3.05) is 0 Å². The minimum atomic E-state index is -10.5. The Hall–Kier alpha value is 0.0735. The van der Waals surface area contributed by atoms with E-state index in [9.17, 15) is 21.6 Å². The molecule has 0 aliphatic heterocycles. The Labute approximate surface area is 35.7 Å². The summed E-state index contributed by atoms with van der Waals surface area (Å²) in [4.78, 5) is 0. The molecule has 0 atom stereocenters. The molecule has 0 heterocycles. The average Bonchev–Trinajstić information content (AvgIpc) is 0.592.